The molecule has 4 aliphatic heterocycles. The Bertz CT molecular complexity index is 1170. The van der Waals surface area contributed by atoms with Crippen molar-refractivity contribution in [1.82, 2.24) is 25.0 Å². The van der Waals surface area contributed by atoms with Crippen molar-refractivity contribution in [2.75, 3.05) is 32.0 Å². The lowest BCUT2D eigenvalue weighted by atomic mass is 9.63. The molecule has 5 aliphatic rings. The predicted molar refractivity (Wildman–Crippen MR) is 117 cm³/mol. The summed E-state index contributed by atoms with van der Waals surface area (Å²) >= 11 is 0. The second kappa shape index (κ2) is 6.87. The van der Waals surface area contributed by atoms with Crippen LogP contribution in [0.15, 0.2) is 18.3 Å². The van der Waals surface area contributed by atoms with Crippen molar-refractivity contribution in [3.05, 3.63) is 29.6 Å². The van der Waals surface area contributed by atoms with Gasteiger partial charge in [-0.1, -0.05) is 0 Å². The Kier molecular flexibility index (Phi) is 4.38. The maximum atomic E-state index is 13.3. The molecule has 6 heterocycles. The predicted octanol–water partition coefficient (Wildman–Crippen LogP) is 3.17. The van der Waals surface area contributed by atoms with Gasteiger partial charge in [-0.3, -0.25) is 4.68 Å². The van der Waals surface area contributed by atoms with Crippen LogP contribution in [-0.4, -0.2) is 57.5 Å². The van der Waals surface area contributed by atoms with Gasteiger partial charge in [-0.05, 0) is 44.7 Å². The molecule has 2 aromatic rings. The van der Waals surface area contributed by atoms with Crippen molar-refractivity contribution >= 4 is 11.8 Å². The lowest BCUT2D eigenvalue weighted by Gasteiger charge is -2.42. The molecule has 1 aliphatic carbocycles. The summed E-state index contributed by atoms with van der Waals surface area (Å²) in [5.41, 5.74) is 5.97. The van der Waals surface area contributed by atoms with Crippen LogP contribution in [0.25, 0.3) is 11.3 Å². The van der Waals surface area contributed by atoms with Crippen molar-refractivity contribution in [1.29, 1.82) is 0 Å². The summed E-state index contributed by atoms with van der Waals surface area (Å²) in [6.45, 7) is 5.31. The number of nitrogen functional groups attached to an aromatic ring is 1. The number of aryl methyl sites for hydroxylation is 1. The van der Waals surface area contributed by atoms with Gasteiger partial charge in [-0.25, -0.2) is 9.78 Å². The minimum absolute atomic E-state index is 0.0107. The maximum Gasteiger partial charge on any atom is 0.419 e. The highest BCUT2D eigenvalue weighted by Crippen LogP contribution is 2.57. The largest absolute Gasteiger partial charge is 0.419 e. The second-order valence-corrected chi connectivity index (χ2v) is 10.7. The molecule has 7 rings (SSSR count). The molecule has 34 heavy (non-hydrogen) atoms. The van der Waals surface area contributed by atoms with Crippen LogP contribution >= 0.6 is 0 Å². The fraction of sp³-hybridized carbons (Fsp3) is 0.609. The van der Waals surface area contributed by atoms with Gasteiger partial charge < -0.3 is 20.7 Å². The summed E-state index contributed by atoms with van der Waals surface area (Å²) in [5.74, 6) is -0.549. The molecule has 1 spiro atoms. The summed E-state index contributed by atoms with van der Waals surface area (Å²) in [7, 11) is 0. The standard InChI is InChI=1S/C23H27F3N6O2/c1-20-9-21(10-20,13-34-20)11-29-19(33)31-4-2-22(12-31)3-5-32-17(22)7-16(30-32)14-6-15(23(24,25)26)18(27)28-8-14/h6-8H,2-5,9-13H2,1H3,(H2,27,28)(H,29,33). The summed E-state index contributed by atoms with van der Waals surface area (Å²) in [4.78, 5) is 18.5. The summed E-state index contributed by atoms with van der Waals surface area (Å²) in [6.07, 6.45) is 0.360. The Labute approximate surface area is 194 Å². The zero-order valence-corrected chi connectivity index (χ0v) is 18.9. The third-order valence-electron chi connectivity index (χ3n) is 8.13. The number of alkyl halides is 3. The Balaban J connectivity index is 1.17. The number of carbonyl (C=O) groups is 1. The number of halogens is 3. The zero-order chi connectivity index (χ0) is 23.9. The lowest BCUT2D eigenvalue weighted by molar-refractivity contribution is -0.137. The SMILES string of the molecule is CC12CC(CNC(=O)N3CCC4(CCn5nc(-c6cnc(N)c(C(F)(F)F)c6)cc54)C3)(CO1)C2. The topological polar surface area (TPSA) is 98.3 Å². The van der Waals surface area contributed by atoms with Crippen molar-refractivity contribution in [2.24, 2.45) is 5.41 Å². The van der Waals surface area contributed by atoms with Crippen LogP contribution in [0.5, 0.6) is 0 Å². The number of hydrogen-bond acceptors (Lipinski definition) is 5. The first kappa shape index (κ1) is 21.7. The van der Waals surface area contributed by atoms with Gasteiger partial charge >= 0.3 is 12.2 Å². The number of aromatic nitrogens is 3. The molecule has 0 aromatic carbocycles. The first-order chi connectivity index (χ1) is 16.0. The van der Waals surface area contributed by atoms with E-state index in [9.17, 15) is 18.0 Å². The van der Waals surface area contributed by atoms with E-state index in [1.165, 1.54) is 6.20 Å². The van der Waals surface area contributed by atoms with Crippen LogP contribution in [0, 0.1) is 5.41 Å². The molecule has 1 saturated carbocycles. The van der Waals surface area contributed by atoms with Crippen LogP contribution in [0.4, 0.5) is 23.8 Å². The number of amides is 2. The molecule has 182 valence electrons. The van der Waals surface area contributed by atoms with Crippen LogP contribution in [0.2, 0.25) is 0 Å². The number of likely N-dealkylation sites (tertiary alicyclic amines) is 1. The molecule has 1 unspecified atom stereocenters. The van der Waals surface area contributed by atoms with Gasteiger partial charge in [0.05, 0.1) is 23.5 Å². The molecule has 4 fully saturated rings. The molecular weight excluding hydrogens is 449 g/mol. The van der Waals surface area contributed by atoms with E-state index in [2.05, 4.69) is 22.3 Å². The number of anilines is 1. The summed E-state index contributed by atoms with van der Waals surface area (Å²) < 4.78 is 47.5. The molecular formula is C23H27F3N6O2. The van der Waals surface area contributed by atoms with Crippen LogP contribution < -0.4 is 11.1 Å². The first-order valence-electron chi connectivity index (χ1n) is 11.6. The fourth-order valence-electron chi connectivity index (χ4n) is 6.52. The van der Waals surface area contributed by atoms with Crippen molar-refractivity contribution < 1.29 is 22.7 Å². The van der Waals surface area contributed by atoms with E-state index < -0.39 is 17.6 Å². The number of nitrogens with two attached hydrogens (primary N) is 1. The number of rotatable bonds is 3. The number of nitrogens with one attached hydrogen (secondary N) is 1. The smallest absolute Gasteiger partial charge is 0.383 e. The summed E-state index contributed by atoms with van der Waals surface area (Å²) in [5, 5.41) is 7.65. The van der Waals surface area contributed by atoms with E-state index in [4.69, 9.17) is 10.5 Å². The molecule has 2 aromatic heterocycles. The maximum absolute atomic E-state index is 13.3. The Morgan fingerprint density at radius 3 is 2.74 bits per heavy atom. The average Bonchev–Trinajstić information content (AvgIpc) is 3.54. The monoisotopic (exact) mass is 476 g/mol. The number of pyridine rings is 1. The van der Waals surface area contributed by atoms with Gasteiger partial charge in [-0.15, -0.1) is 0 Å². The Morgan fingerprint density at radius 1 is 1.26 bits per heavy atom. The van der Waals surface area contributed by atoms with Crippen molar-refractivity contribution in [2.45, 2.75) is 56.3 Å². The molecule has 8 nitrogen and oxygen atoms in total. The lowest BCUT2D eigenvalue weighted by Crippen LogP contribution is -2.51. The molecule has 0 radical (unpaired) electrons. The van der Waals surface area contributed by atoms with E-state index in [-0.39, 0.29) is 28.0 Å². The van der Waals surface area contributed by atoms with Crippen molar-refractivity contribution in [3.63, 3.8) is 0 Å². The van der Waals surface area contributed by atoms with Gasteiger partial charge in [0.1, 0.15) is 5.82 Å². The van der Waals surface area contributed by atoms with Crippen LogP contribution in [0.3, 0.4) is 0 Å². The number of hydrogen-bond donors (Lipinski definition) is 2. The normalized spacial score (nSPS) is 31.7. The quantitative estimate of drug-likeness (QED) is 0.709. The minimum Gasteiger partial charge on any atom is -0.383 e. The second-order valence-electron chi connectivity index (χ2n) is 10.7. The molecule has 2 bridgehead atoms. The van der Waals surface area contributed by atoms with Gasteiger partial charge in [0.25, 0.3) is 0 Å². The third kappa shape index (κ3) is 3.27. The third-order valence-corrected chi connectivity index (χ3v) is 8.13. The number of fused-ring (bicyclic) bond motifs is 3. The highest BCUT2D eigenvalue weighted by atomic mass is 19.4. The van der Waals surface area contributed by atoms with Gasteiger partial charge in [-0.2, -0.15) is 18.3 Å². The first-order valence-corrected chi connectivity index (χ1v) is 11.6. The molecule has 3 N–H and O–H groups in total. The van der Waals surface area contributed by atoms with Crippen LogP contribution in [0.1, 0.15) is 43.9 Å². The van der Waals surface area contributed by atoms with Crippen LogP contribution in [-0.2, 0) is 22.9 Å². The number of ether oxygens (including phenoxy) is 1. The average molecular weight is 477 g/mol. The van der Waals surface area contributed by atoms with Crippen molar-refractivity contribution in [3.8, 4) is 11.3 Å². The van der Waals surface area contributed by atoms with E-state index in [0.717, 1.165) is 37.4 Å². The van der Waals surface area contributed by atoms with E-state index in [1.54, 1.807) is 0 Å². The van der Waals surface area contributed by atoms with Gasteiger partial charge in [0, 0.05) is 54.5 Å². The minimum atomic E-state index is -4.58. The van der Waals surface area contributed by atoms with E-state index in [1.807, 2.05) is 15.6 Å². The van der Waals surface area contributed by atoms with Gasteiger partial charge in [0.15, 0.2) is 0 Å². The fourth-order valence-corrected chi connectivity index (χ4v) is 6.52. The summed E-state index contributed by atoms with van der Waals surface area (Å²) in [6, 6.07) is 2.77. The molecule has 3 saturated heterocycles. The molecule has 1 atom stereocenters. The van der Waals surface area contributed by atoms with E-state index in [0.29, 0.717) is 38.5 Å². The highest BCUT2D eigenvalue weighted by molar-refractivity contribution is 5.75. The molecule has 11 heteroatoms. The van der Waals surface area contributed by atoms with Gasteiger partial charge in [0.2, 0.25) is 0 Å². The van der Waals surface area contributed by atoms with E-state index >= 15 is 0 Å². The zero-order valence-electron chi connectivity index (χ0n) is 18.9. The number of nitrogens with zero attached hydrogens (tertiary/aromatic N) is 4. The number of carbonyl (C=O) groups excluding carboxylic acids is 1. The number of urea groups is 1. The Hall–Kier alpha value is -2.82. The highest BCUT2D eigenvalue weighted by Gasteiger charge is 2.59. The Morgan fingerprint density at radius 2 is 2.03 bits per heavy atom. The molecule has 2 amide bonds.